The van der Waals surface area contributed by atoms with Crippen molar-refractivity contribution in [3.8, 4) is 5.75 Å². The Morgan fingerprint density at radius 3 is 2.68 bits per heavy atom. The molecule has 2 heteroatoms. The van der Waals surface area contributed by atoms with E-state index in [1.807, 2.05) is 0 Å². The van der Waals surface area contributed by atoms with Crippen LogP contribution in [-0.2, 0) is 0 Å². The largest absolute Gasteiger partial charge is 0.496 e. The lowest BCUT2D eigenvalue weighted by atomic mass is 9.89. The van der Waals surface area contributed by atoms with Crippen molar-refractivity contribution >= 4 is 0 Å². The third-order valence-corrected chi connectivity index (χ3v) is 4.29. The molecule has 1 atom stereocenters. The highest BCUT2D eigenvalue weighted by Gasteiger charge is 2.16. The summed E-state index contributed by atoms with van der Waals surface area (Å²) < 4.78 is 5.50. The van der Waals surface area contributed by atoms with Crippen LogP contribution in [0.1, 0.15) is 56.2 Å². The lowest BCUT2D eigenvalue weighted by Gasteiger charge is -2.25. The van der Waals surface area contributed by atoms with Crippen molar-refractivity contribution < 1.29 is 4.74 Å². The lowest BCUT2D eigenvalue weighted by molar-refractivity contribution is 0.328. The zero-order chi connectivity index (χ0) is 13.7. The standard InChI is InChI=1S/C17H27NO/c1-13-9-10-16(17(11-13)19-3)14(2)18-12-15-7-5-4-6-8-15/h9-11,14-15,18H,4-8,12H2,1-3H3. The molecule has 0 saturated heterocycles. The molecule has 0 spiro atoms. The molecule has 1 fully saturated rings. The molecule has 0 bridgehead atoms. The Kier molecular flexibility index (Phi) is 5.26. The van der Waals surface area contributed by atoms with Gasteiger partial charge in [0.05, 0.1) is 7.11 Å². The highest BCUT2D eigenvalue weighted by Crippen LogP contribution is 2.27. The van der Waals surface area contributed by atoms with Crippen LogP contribution in [0.2, 0.25) is 0 Å². The zero-order valence-corrected chi connectivity index (χ0v) is 12.5. The molecule has 1 aromatic carbocycles. The minimum Gasteiger partial charge on any atom is -0.496 e. The number of methoxy groups -OCH3 is 1. The van der Waals surface area contributed by atoms with Crippen molar-refractivity contribution in [2.75, 3.05) is 13.7 Å². The lowest BCUT2D eigenvalue weighted by Crippen LogP contribution is -2.27. The van der Waals surface area contributed by atoms with Crippen LogP contribution in [0.4, 0.5) is 0 Å². The Balaban J connectivity index is 1.93. The molecule has 1 aliphatic carbocycles. The van der Waals surface area contributed by atoms with Crippen LogP contribution >= 0.6 is 0 Å². The SMILES string of the molecule is COc1cc(C)ccc1C(C)NCC1CCCCC1. The first-order valence-corrected chi connectivity index (χ1v) is 7.58. The second-order valence-corrected chi connectivity index (χ2v) is 5.88. The molecule has 0 aromatic heterocycles. The first-order valence-electron chi connectivity index (χ1n) is 7.58. The zero-order valence-electron chi connectivity index (χ0n) is 12.5. The van der Waals surface area contributed by atoms with Gasteiger partial charge in [-0.05, 0) is 50.8 Å². The summed E-state index contributed by atoms with van der Waals surface area (Å²) >= 11 is 0. The number of ether oxygens (including phenoxy) is 1. The number of hydrogen-bond acceptors (Lipinski definition) is 2. The van der Waals surface area contributed by atoms with Gasteiger partial charge < -0.3 is 10.1 Å². The maximum atomic E-state index is 5.50. The van der Waals surface area contributed by atoms with Crippen molar-refractivity contribution in [3.63, 3.8) is 0 Å². The van der Waals surface area contributed by atoms with Crippen LogP contribution in [0.3, 0.4) is 0 Å². The first-order chi connectivity index (χ1) is 9.20. The number of hydrogen-bond donors (Lipinski definition) is 1. The topological polar surface area (TPSA) is 21.3 Å². The van der Waals surface area contributed by atoms with Crippen LogP contribution in [0.5, 0.6) is 5.75 Å². The number of rotatable bonds is 5. The Morgan fingerprint density at radius 2 is 2.00 bits per heavy atom. The molecule has 0 heterocycles. The molecule has 19 heavy (non-hydrogen) atoms. The van der Waals surface area contributed by atoms with Gasteiger partial charge in [-0.15, -0.1) is 0 Å². The van der Waals surface area contributed by atoms with E-state index in [2.05, 4.69) is 37.4 Å². The van der Waals surface area contributed by atoms with Gasteiger partial charge in [0, 0.05) is 11.6 Å². The van der Waals surface area contributed by atoms with Crippen LogP contribution in [-0.4, -0.2) is 13.7 Å². The second kappa shape index (κ2) is 6.95. The smallest absolute Gasteiger partial charge is 0.123 e. The number of aryl methyl sites for hydroxylation is 1. The van der Waals surface area contributed by atoms with Crippen LogP contribution in [0.15, 0.2) is 18.2 Å². The van der Waals surface area contributed by atoms with Crippen molar-refractivity contribution in [1.82, 2.24) is 5.32 Å². The summed E-state index contributed by atoms with van der Waals surface area (Å²) in [7, 11) is 1.76. The molecular weight excluding hydrogens is 234 g/mol. The van der Waals surface area contributed by atoms with Gasteiger partial charge in [0.15, 0.2) is 0 Å². The normalized spacial score (nSPS) is 18.3. The van der Waals surface area contributed by atoms with Gasteiger partial charge in [-0.3, -0.25) is 0 Å². The minimum absolute atomic E-state index is 0.359. The first kappa shape index (κ1) is 14.4. The monoisotopic (exact) mass is 261 g/mol. The molecule has 1 N–H and O–H groups in total. The predicted molar refractivity (Wildman–Crippen MR) is 80.7 cm³/mol. The van der Waals surface area contributed by atoms with E-state index in [4.69, 9.17) is 4.74 Å². The fourth-order valence-electron chi connectivity index (χ4n) is 3.02. The number of nitrogens with one attached hydrogen (secondary N) is 1. The highest BCUT2D eigenvalue weighted by molar-refractivity contribution is 5.39. The number of benzene rings is 1. The molecule has 1 aromatic rings. The van der Waals surface area contributed by atoms with Gasteiger partial charge >= 0.3 is 0 Å². The molecule has 0 aliphatic heterocycles. The van der Waals surface area contributed by atoms with E-state index >= 15 is 0 Å². The molecule has 106 valence electrons. The third kappa shape index (κ3) is 3.97. The Morgan fingerprint density at radius 1 is 1.26 bits per heavy atom. The van der Waals surface area contributed by atoms with E-state index < -0.39 is 0 Å². The van der Waals surface area contributed by atoms with Crippen molar-refractivity contribution in [3.05, 3.63) is 29.3 Å². The van der Waals surface area contributed by atoms with E-state index in [-0.39, 0.29) is 0 Å². The molecule has 1 aliphatic rings. The van der Waals surface area contributed by atoms with Crippen LogP contribution in [0, 0.1) is 12.8 Å². The predicted octanol–water partition coefficient (Wildman–Crippen LogP) is 4.23. The van der Waals surface area contributed by atoms with Gasteiger partial charge in [0.25, 0.3) is 0 Å². The summed E-state index contributed by atoms with van der Waals surface area (Å²) in [4.78, 5) is 0. The maximum absolute atomic E-state index is 5.50. The molecule has 1 saturated carbocycles. The van der Waals surface area contributed by atoms with Gasteiger partial charge in [-0.1, -0.05) is 31.4 Å². The van der Waals surface area contributed by atoms with Gasteiger partial charge in [-0.2, -0.15) is 0 Å². The summed E-state index contributed by atoms with van der Waals surface area (Å²) in [6.45, 7) is 5.47. The fraction of sp³-hybridized carbons (Fsp3) is 0.647. The minimum atomic E-state index is 0.359. The summed E-state index contributed by atoms with van der Waals surface area (Å²) in [6, 6.07) is 6.83. The van der Waals surface area contributed by atoms with E-state index in [1.165, 1.54) is 43.2 Å². The Labute approximate surface area is 117 Å². The van der Waals surface area contributed by atoms with E-state index in [1.54, 1.807) is 7.11 Å². The van der Waals surface area contributed by atoms with Crippen LogP contribution < -0.4 is 10.1 Å². The quantitative estimate of drug-likeness (QED) is 0.856. The van der Waals surface area contributed by atoms with Gasteiger partial charge in [0.2, 0.25) is 0 Å². The highest BCUT2D eigenvalue weighted by atomic mass is 16.5. The maximum Gasteiger partial charge on any atom is 0.123 e. The molecule has 2 rings (SSSR count). The molecular formula is C17H27NO. The van der Waals surface area contributed by atoms with Crippen molar-refractivity contribution in [2.45, 2.75) is 52.0 Å². The van der Waals surface area contributed by atoms with E-state index in [0.717, 1.165) is 18.2 Å². The summed E-state index contributed by atoms with van der Waals surface area (Å²) in [6.07, 6.45) is 7.04. The van der Waals surface area contributed by atoms with E-state index in [9.17, 15) is 0 Å². The van der Waals surface area contributed by atoms with Crippen molar-refractivity contribution in [2.24, 2.45) is 5.92 Å². The van der Waals surface area contributed by atoms with Crippen LogP contribution in [0.25, 0.3) is 0 Å². The van der Waals surface area contributed by atoms with Crippen molar-refractivity contribution in [1.29, 1.82) is 0 Å². The third-order valence-electron chi connectivity index (χ3n) is 4.29. The molecule has 1 unspecified atom stereocenters. The summed E-state index contributed by atoms with van der Waals surface area (Å²) in [5.41, 5.74) is 2.52. The molecule has 0 radical (unpaired) electrons. The molecule has 2 nitrogen and oxygen atoms in total. The Bertz CT molecular complexity index is 396. The van der Waals surface area contributed by atoms with Gasteiger partial charge in [-0.25, -0.2) is 0 Å². The summed E-state index contributed by atoms with van der Waals surface area (Å²) in [5.74, 6) is 1.87. The van der Waals surface area contributed by atoms with E-state index in [0.29, 0.717) is 6.04 Å². The average molecular weight is 261 g/mol. The average Bonchev–Trinajstić information content (AvgIpc) is 2.45. The second-order valence-electron chi connectivity index (χ2n) is 5.88. The Hall–Kier alpha value is -1.02. The molecule has 0 amide bonds. The fourth-order valence-corrected chi connectivity index (χ4v) is 3.02. The summed E-state index contributed by atoms with van der Waals surface area (Å²) in [5, 5.41) is 3.68. The van der Waals surface area contributed by atoms with Gasteiger partial charge in [0.1, 0.15) is 5.75 Å².